The van der Waals surface area contributed by atoms with Crippen LogP contribution in [-0.4, -0.2) is 21.6 Å². The van der Waals surface area contributed by atoms with E-state index >= 15 is 0 Å². The molecule has 1 amide bonds. The summed E-state index contributed by atoms with van der Waals surface area (Å²) >= 11 is 12.2. The second-order valence-electron chi connectivity index (χ2n) is 6.96. The number of hydrogen-bond donors (Lipinski definition) is 2. The Balaban J connectivity index is 1.92. The van der Waals surface area contributed by atoms with Crippen LogP contribution in [0.15, 0.2) is 77.6 Å². The van der Waals surface area contributed by atoms with Crippen LogP contribution in [0, 0.1) is 0 Å². The number of nitrogens with zero attached hydrogens (tertiary/aromatic N) is 1. The molecule has 1 heterocycles. The normalized spacial score (nSPS) is 10.8. The lowest BCUT2D eigenvalue weighted by Crippen LogP contribution is -2.30. The van der Waals surface area contributed by atoms with E-state index in [9.17, 15) is 19.5 Å². The molecule has 3 aromatic carbocycles. The molecule has 0 saturated carbocycles. The summed E-state index contributed by atoms with van der Waals surface area (Å²) in [5, 5.41) is 13.6. The predicted molar refractivity (Wildman–Crippen MR) is 124 cm³/mol. The highest BCUT2D eigenvalue weighted by Crippen LogP contribution is 2.25. The molecule has 0 radical (unpaired) electrons. The molecular formula is C24H16Cl2N2O4. The van der Waals surface area contributed by atoms with Crippen LogP contribution in [0.2, 0.25) is 10.0 Å². The van der Waals surface area contributed by atoms with Crippen molar-refractivity contribution in [1.29, 1.82) is 0 Å². The predicted octanol–water partition coefficient (Wildman–Crippen LogP) is 4.93. The molecule has 160 valence electrons. The number of carboxylic acids is 1. The Hall–Kier alpha value is -3.61. The fraction of sp³-hybridized carbons (Fsp3) is 0.0417. The fourth-order valence-electron chi connectivity index (χ4n) is 3.55. The molecule has 0 aliphatic heterocycles. The molecule has 4 aromatic rings. The Morgan fingerprint density at radius 1 is 0.938 bits per heavy atom. The van der Waals surface area contributed by atoms with Crippen LogP contribution >= 0.6 is 23.2 Å². The number of fused-ring (bicyclic) bond motifs is 1. The maximum absolute atomic E-state index is 13.3. The first-order chi connectivity index (χ1) is 15.4. The third-order valence-electron chi connectivity index (χ3n) is 4.99. The van der Waals surface area contributed by atoms with Gasteiger partial charge < -0.3 is 15.0 Å². The number of halogens is 2. The molecule has 8 heteroatoms. The van der Waals surface area contributed by atoms with Gasteiger partial charge in [0, 0.05) is 22.6 Å². The molecule has 0 bridgehead atoms. The molecule has 1 aromatic heterocycles. The molecule has 2 N–H and O–H groups in total. The summed E-state index contributed by atoms with van der Waals surface area (Å²) in [5.41, 5.74) is 0.304. The van der Waals surface area contributed by atoms with Gasteiger partial charge in [0.1, 0.15) is 5.69 Å². The zero-order chi connectivity index (χ0) is 22.8. The Kier molecular flexibility index (Phi) is 5.99. The molecule has 32 heavy (non-hydrogen) atoms. The smallest absolute Gasteiger partial charge is 0.353 e. The molecule has 6 nitrogen and oxygen atoms in total. The highest BCUT2D eigenvalue weighted by Gasteiger charge is 2.24. The van der Waals surface area contributed by atoms with E-state index in [-0.39, 0.29) is 33.8 Å². The van der Waals surface area contributed by atoms with Crippen molar-refractivity contribution in [2.75, 3.05) is 0 Å². The number of carbonyl (C=O) groups is 2. The lowest BCUT2D eigenvalue weighted by atomic mass is 10.1. The standard InChI is InChI=1S/C24H16Cl2N2O4/c25-14-10-11-17-20(12-14)28(15-6-2-1-3-7-15)21(24(31)32)18(22(17)29)13-27-23(30)16-8-4-5-9-19(16)26/h1-12H,13H2,(H,27,30)(H,31,32). The minimum Gasteiger partial charge on any atom is -0.477 e. The van der Waals surface area contributed by atoms with Gasteiger partial charge in [0.05, 0.1) is 21.7 Å². The van der Waals surface area contributed by atoms with Crippen molar-refractivity contribution < 1.29 is 14.7 Å². The zero-order valence-electron chi connectivity index (χ0n) is 16.5. The molecular weight excluding hydrogens is 451 g/mol. The second-order valence-corrected chi connectivity index (χ2v) is 7.80. The van der Waals surface area contributed by atoms with Crippen LogP contribution < -0.4 is 10.7 Å². The number of pyridine rings is 1. The summed E-state index contributed by atoms with van der Waals surface area (Å²) in [6.45, 7) is -0.296. The van der Waals surface area contributed by atoms with Crippen molar-refractivity contribution >= 4 is 46.0 Å². The number of aromatic carboxylic acids is 1. The number of rotatable bonds is 5. The topological polar surface area (TPSA) is 88.4 Å². The van der Waals surface area contributed by atoms with E-state index in [1.807, 2.05) is 0 Å². The first kappa shape index (κ1) is 21.6. The number of carbonyl (C=O) groups excluding carboxylic acids is 1. The average Bonchev–Trinajstić information content (AvgIpc) is 2.78. The van der Waals surface area contributed by atoms with Crippen LogP contribution in [0.4, 0.5) is 0 Å². The highest BCUT2D eigenvalue weighted by molar-refractivity contribution is 6.33. The van der Waals surface area contributed by atoms with Crippen LogP contribution in [0.3, 0.4) is 0 Å². The van der Waals surface area contributed by atoms with E-state index in [4.69, 9.17) is 23.2 Å². The van der Waals surface area contributed by atoms with Gasteiger partial charge in [0.25, 0.3) is 5.91 Å². The van der Waals surface area contributed by atoms with Crippen LogP contribution in [0.5, 0.6) is 0 Å². The summed E-state index contributed by atoms with van der Waals surface area (Å²) in [7, 11) is 0. The van der Waals surface area contributed by atoms with E-state index in [1.54, 1.807) is 72.8 Å². The van der Waals surface area contributed by atoms with Crippen molar-refractivity contribution in [3.63, 3.8) is 0 Å². The highest BCUT2D eigenvalue weighted by atomic mass is 35.5. The lowest BCUT2D eigenvalue weighted by molar-refractivity contribution is 0.0685. The number of aromatic nitrogens is 1. The van der Waals surface area contributed by atoms with E-state index in [1.165, 1.54) is 4.57 Å². The number of para-hydroxylation sites is 1. The van der Waals surface area contributed by atoms with Gasteiger partial charge in [-0.15, -0.1) is 0 Å². The molecule has 4 rings (SSSR count). The van der Waals surface area contributed by atoms with Crippen molar-refractivity contribution in [3.05, 3.63) is 110 Å². The van der Waals surface area contributed by atoms with Gasteiger partial charge in [-0.05, 0) is 42.5 Å². The van der Waals surface area contributed by atoms with Crippen LogP contribution in [-0.2, 0) is 6.54 Å². The van der Waals surface area contributed by atoms with Crippen molar-refractivity contribution in [2.24, 2.45) is 0 Å². The Labute approximate surface area is 192 Å². The monoisotopic (exact) mass is 466 g/mol. The van der Waals surface area contributed by atoms with E-state index in [2.05, 4.69) is 5.32 Å². The number of amides is 1. The minimum atomic E-state index is -1.31. The van der Waals surface area contributed by atoms with Gasteiger partial charge in [-0.2, -0.15) is 0 Å². The Morgan fingerprint density at radius 3 is 2.31 bits per heavy atom. The summed E-state index contributed by atoms with van der Waals surface area (Å²) in [5.74, 6) is -1.83. The zero-order valence-corrected chi connectivity index (χ0v) is 18.0. The maximum atomic E-state index is 13.3. The Bertz CT molecular complexity index is 1420. The van der Waals surface area contributed by atoms with Gasteiger partial charge in [-0.1, -0.05) is 53.5 Å². The Morgan fingerprint density at radius 2 is 1.62 bits per heavy atom. The molecule has 0 atom stereocenters. The largest absolute Gasteiger partial charge is 0.477 e. The number of hydrogen-bond acceptors (Lipinski definition) is 3. The van der Waals surface area contributed by atoms with E-state index in [0.29, 0.717) is 16.2 Å². The molecule has 0 aliphatic rings. The number of benzene rings is 3. The second kappa shape index (κ2) is 8.86. The van der Waals surface area contributed by atoms with Crippen molar-refractivity contribution in [3.8, 4) is 5.69 Å². The summed E-state index contributed by atoms with van der Waals surface area (Å²) in [6, 6.07) is 19.9. The van der Waals surface area contributed by atoms with E-state index in [0.717, 1.165) is 0 Å². The molecule has 0 spiro atoms. The lowest BCUT2D eigenvalue weighted by Gasteiger charge is -2.19. The molecule has 0 unspecified atom stereocenters. The van der Waals surface area contributed by atoms with Crippen molar-refractivity contribution in [2.45, 2.75) is 6.54 Å². The van der Waals surface area contributed by atoms with Gasteiger partial charge in [-0.25, -0.2) is 4.79 Å². The number of carboxylic acid groups (broad SMARTS) is 1. The average molecular weight is 467 g/mol. The summed E-state index contributed by atoms with van der Waals surface area (Å²) in [6.07, 6.45) is 0. The van der Waals surface area contributed by atoms with Crippen LogP contribution in [0.25, 0.3) is 16.6 Å². The van der Waals surface area contributed by atoms with Crippen LogP contribution in [0.1, 0.15) is 26.4 Å². The maximum Gasteiger partial charge on any atom is 0.353 e. The SMILES string of the molecule is O=C(NCc1c(C(=O)O)n(-c2ccccc2)c2cc(Cl)ccc2c1=O)c1ccccc1Cl. The molecule has 0 aliphatic carbocycles. The third kappa shape index (κ3) is 3.98. The van der Waals surface area contributed by atoms with Gasteiger partial charge in [-0.3, -0.25) is 9.59 Å². The van der Waals surface area contributed by atoms with Crippen molar-refractivity contribution in [1.82, 2.24) is 9.88 Å². The third-order valence-corrected chi connectivity index (χ3v) is 5.55. The first-order valence-corrected chi connectivity index (χ1v) is 10.3. The van der Waals surface area contributed by atoms with Gasteiger partial charge in [0.2, 0.25) is 0 Å². The summed E-state index contributed by atoms with van der Waals surface area (Å²) < 4.78 is 1.46. The molecule has 0 saturated heterocycles. The summed E-state index contributed by atoms with van der Waals surface area (Å²) in [4.78, 5) is 38.2. The minimum absolute atomic E-state index is 0.0587. The van der Waals surface area contributed by atoms with E-state index < -0.39 is 17.3 Å². The fourth-order valence-corrected chi connectivity index (χ4v) is 3.94. The first-order valence-electron chi connectivity index (χ1n) is 9.57. The number of nitrogens with one attached hydrogen (secondary N) is 1. The van der Waals surface area contributed by atoms with Gasteiger partial charge >= 0.3 is 5.97 Å². The van der Waals surface area contributed by atoms with Gasteiger partial charge in [0.15, 0.2) is 5.43 Å². The molecule has 0 fully saturated rings. The quantitative estimate of drug-likeness (QED) is 0.436.